The van der Waals surface area contributed by atoms with Crippen LogP contribution in [0.1, 0.15) is 145 Å². The molecule has 6 nitrogen and oxygen atoms in total. The van der Waals surface area contributed by atoms with Gasteiger partial charge in [-0.3, -0.25) is 4.79 Å². The molecule has 1 heterocycles. The minimum Gasteiger partial charge on any atom is -0.493 e. The highest BCUT2D eigenvalue weighted by Gasteiger charge is 2.26. The fraction of sp³-hybridized carbons (Fsp3) is 0.548. The fourth-order valence-electron chi connectivity index (χ4n) is 5.93. The Morgan fingerprint density at radius 3 is 2.00 bits per heavy atom. The van der Waals surface area contributed by atoms with Gasteiger partial charge < -0.3 is 9.47 Å². The SMILES string of the molecule is CCCCCCCCCCCCCCOc1ccc(COC(=O)N(Cc2ccc[n+](CCC)c2)C(=O)c2ccccc2)cc1C(C)(C)C. The maximum absolute atomic E-state index is 13.5. The maximum atomic E-state index is 13.5. The summed E-state index contributed by atoms with van der Waals surface area (Å²) in [6.07, 6.45) is 20.1. The number of imide groups is 1. The predicted octanol–water partition coefficient (Wildman–Crippen LogP) is 10.7. The van der Waals surface area contributed by atoms with Crippen molar-refractivity contribution in [3.05, 3.63) is 95.3 Å². The molecule has 3 aromatic rings. The third-order valence-corrected chi connectivity index (χ3v) is 8.70. The van der Waals surface area contributed by atoms with Crippen LogP contribution in [0, 0.1) is 0 Å². The van der Waals surface area contributed by atoms with Gasteiger partial charge in [-0.25, -0.2) is 14.3 Å². The van der Waals surface area contributed by atoms with E-state index in [1.807, 2.05) is 42.7 Å². The molecule has 6 heteroatoms. The maximum Gasteiger partial charge on any atom is 0.417 e. The molecule has 0 saturated heterocycles. The van der Waals surface area contributed by atoms with Gasteiger partial charge >= 0.3 is 6.09 Å². The Labute approximate surface area is 290 Å². The Bertz CT molecular complexity index is 1370. The highest BCUT2D eigenvalue weighted by atomic mass is 16.6. The van der Waals surface area contributed by atoms with E-state index in [0.717, 1.165) is 41.8 Å². The third-order valence-electron chi connectivity index (χ3n) is 8.70. The van der Waals surface area contributed by atoms with Crippen LogP contribution < -0.4 is 9.30 Å². The smallest absolute Gasteiger partial charge is 0.417 e. The molecular formula is C42H61N2O4+. The van der Waals surface area contributed by atoms with Crippen LogP contribution in [0.4, 0.5) is 4.79 Å². The highest BCUT2D eigenvalue weighted by Crippen LogP contribution is 2.33. The summed E-state index contributed by atoms with van der Waals surface area (Å²) in [6, 6.07) is 18.8. The van der Waals surface area contributed by atoms with Crippen LogP contribution in [0.3, 0.4) is 0 Å². The summed E-state index contributed by atoms with van der Waals surface area (Å²) in [7, 11) is 0. The van der Waals surface area contributed by atoms with Gasteiger partial charge in [-0.2, -0.15) is 0 Å². The number of hydrogen-bond donors (Lipinski definition) is 0. The van der Waals surface area contributed by atoms with Crippen molar-refractivity contribution in [3.8, 4) is 5.75 Å². The molecule has 0 fully saturated rings. The molecule has 262 valence electrons. The van der Waals surface area contributed by atoms with Gasteiger partial charge in [0.1, 0.15) is 18.9 Å². The Balaban J connectivity index is 1.55. The van der Waals surface area contributed by atoms with E-state index in [9.17, 15) is 9.59 Å². The number of aromatic nitrogens is 1. The van der Waals surface area contributed by atoms with Gasteiger partial charge in [-0.05, 0) is 53.3 Å². The largest absolute Gasteiger partial charge is 0.493 e. The molecule has 2 amide bonds. The summed E-state index contributed by atoms with van der Waals surface area (Å²) in [4.78, 5) is 28.2. The number of benzene rings is 2. The quantitative estimate of drug-likeness (QED) is 0.0845. The number of carbonyl (C=O) groups excluding carboxylic acids is 2. The van der Waals surface area contributed by atoms with Crippen molar-refractivity contribution in [2.75, 3.05) is 6.61 Å². The van der Waals surface area contributed by atoms with E-state index in [-0.39, 0.29) is 24.5 Å². The number of pyridine rings is 1. The summed E-state index contributed by atoms with van der Waals surface area (Å²) in [5.41, 5.74) is 3.09. The van der Waals surface area contributed by atoms with Gasteiger partial charge in [0.2, 0.25) is 0 Å². The van der Waals surface area contributed by atoms with Crippen molar-refractivity contribution in [3.63, 3.8) is 0 Å². The van der Waals surface area contributed by atoms with Gasteiger partial charge in [0.25, 0.3) is 5.91 Å². The van der Waals surface area contributed by atoms with Crippen LogP contribution in [0.15, 0.2) is 73.1 Å². The average Bonchev–Trinajstić information content (AvgIpc) is 3.08. The van der Waals surface area contributed by atoms with Gasteiger partial charge in [0, 0.05) is 23.6 Å². The van der Waals surface area contributed by atoms with Crippen LogP contribution in [-0.4, -0.2) is 23.5 Å². The molecule has 0 aliphatic rings. The Morgan fingerprint density at radius 1 is 0.729 bits per heavy atom. The lowest BCUT2D eigenvalue weighted by atomic mass is 9.85. The van der Waals surface area contributed by atoms with E-state index < -0.39 is 6.09 Å². The Kier molecular flexibility index (Phi) is 17.2. The lowest BCUT2D eigenvalue weighted by Gasteiger charge is -2.24. The van der Waals surface area contributed by atoms with Crippen LogP contribution in [0.5, 0.6) is 5.75 Å². The second-order valence-electron chi connectivity index (χ2n) is 14.1. The first-order valence-electron chi connectivity index (χ1n) is 18.5. The van der Waals surface area contributed by atoms with Crippen LogP contribution in [0.2, 0.25) is 0 Å². The van der Waals surface area contributed by atoms with E-state index in [4.69, 9.17) is 9.47 Å². The molecule has 2 aromatic carbocycles. The molecule has 0 N–H and O–H groups in total. The first kappa shape index (κ1) is 38.8. The normalized spacial score (nSPS) is 11.4. The summed E-state index contributed by atoms with van der Waals surface area (Å²) in [5, 5.41) is 0. The van der Waals surface area contributed by atoms with Crippen LogP contribution in [-0.2, 0) is 29.8 Å². The van der Waals surface area contributed by atoms with Crippen molar-refractivity contribution in [1.82, 2.24) is 4.90 Å². The molecule has 0 aliphatic carbocycles. The zero-order valence-electron chi connectivity index (χ0n) is 30.5. The number of carbonyl (C=O) groups is 2. The van der Waals surface area contributed by atoms with E-state index in [0.29, 0.717) is 12.2 Å². The zero-order valence-corrected chi connectivity index (χ0v) is 30.5. The second kappa shape index (κ2) is 21.3. The van der Waals surface area contributed by atoms with E-state index in [1.54, 1.807) is 24.3 Å². The first-order valence-corrected chi connectivity index (χ1v) is 18.5. The number of hydrogen-bond acceptors (Lipinski definition) is 4. The third kappa shape index (κ3) is 13.8. The van der Waals surface area contributed by atoms with Crippen LogP contribution in [0.25, 0.3) is 0 Å². The summed E-state index contributed by atoms with van der Waals surface area (Å²) in [5.74, 6) is 0.495. The van der Waals surface area contributed by atoms with Crippen LogP contribution >= 0.6 is 0 Å². The molecule has 0 radical (unpaired) electrons. The van der Waals surface area contributed by atoms with Crippen molar-refractivity contribution >= 4 is 12.0 Å². The lowest BCUT2D eigenvalue weighted by Crippen LogP contribution is -2.38. The predicted molar refractivity (Wildman–Crippen MR) is 195 cm³/mol. The monoisotopic (exact) mass is 657 g/mol. The van der Waals surface area contributed by atoms with Gasteiger partial charge in [0.05, 0.1) is 13.2 Å². The van der Waals surface area contributed by atoms with E-state index >= 15 is 0 Å². The molecule has 0 atom stereocenters. The van der Waals surface area contributed by atoms with Crippen molar-refractivity contribution in [2.45, 2.75) is 143 Å². The molecule has 1 aromatic heterocycles. The Morgan fingerprint density at radius 2 is 1.38 bits per heavy atom. The standard InChI is InChI=1S/C42H61N2O4/c1-6-8-9-10-11-12-13-14-15-16-17-21-30-47-39-27-26-35(31-38(39)42(3,4)5)34-48-41(46)44(40(45)37-24-19-18-20-25-37)33-36-23-22-29-43(32-36)28-7-2/h18-20,22-27,29,31-32H,6-17,21,28,30,33-34H2,1-5H3/q+1. The van der Waals surface area contributed by atoms with Gasteiger partial charge in [0.15, 0.2) is 12.4 Å². The average molecular weight is 658 g/mol. The Hall–Kier alpha value is -3.67. The number of rotatable bonds is 21. The summed E-state index contributed by atoms with van der Waals surface area (Å²) >= 11 is 0. The van der Waals surface area contributed by atoms with Crippen molar-refractivity contribution in [2.24, 2.45) is 0 Å². The number of amides is 2. The molecule has 0 unspecified atom stereocenters. The first-order chi connectivity index (χ1) is 23.2. The summed E-state index contributed by atoms with van der Waals surface area (Å²) in [6.45, 7) is 12.6. The van der Waals surface area contributed by atoms with Crippen molar-refractivity contribution < 1.29 is 23.6 Å². The molecule has 48 heavy (non-hydrogen) atoms. The molecule has 0 bridgehead atoms. The zero-order chi connectivity index (χ0) is 34.6. The number of nitrogens with zero attached hydrogens (tertiary/aromatic N) is 2. The number of unbranched alkanes of at least 4 members (excludes halogenated alkanes) is 11. The highest BCUT2D eigenvalue weighted by molar-refractivity contribution is 6.02. The van der Waals surface area contributed by atoms with E-state index in [2.05, 4.69) is 45.3 Å². The topological polar surface area (TPSA) is 59.7 Å². The van der Waals surface area contributed by atoms with E-state index in [1.165, 1.54) is 75.5 Å². The molecule has 0 spiro atoms. The minimum atomic E-state index is -0.667. The number of ether oxygens (including phenoxy) is 2. The molecule has 0 saturated carbocycles. The molecule has 0 aliphatic heterocycles. The fourth-order valence-corrected chi connectivity index (χ4v) is 5.93. The number of aryl methyl sites for hydroxylation is 1. The minimum absolute atomic E-state index is 0.0597. The van der Waals surface area contributed by atoms with Crippen molar-refractivity contribution in [1.29, 1.82) is 0 Å². The molecular weight excluding hydrogens is 596 g/mol. The van der Waals surface area contributed by atoms with Gasteiger partial charge in [-0.15, -0.1) is 0 Å². The lowest BCUT2D eigenvalue weighted by molar-refractivity contribution is -0.697. The summed E-state index contributed by atoms with van der Waals surface area (Å²) < 4.78 is 14.1. The molecule has 3 rings (SSSR count). The van der Waals surface area contributed by atoms with Gasteiger partial charge in [-0.1, -0.05) is 130 Å². The second-order valence-corrected chi connectivity index (χ2v) is 14.1.